The van der Waals surface area contributed by atoms with E-state index in [9.17, 15) is 8.42 Å². The smallest absolute Gasteiger partial charge is 0.149 e. The Labute approximate surface area is 112 Å². The van der Waals surface area contributed by atoms with Crippen LogP contribution in [0, 0.1) is 6.92 Å². The van der Waals surface area contributed by atoms with Gasteiger partial charge >= 0.3 is 0 Å². The first-order chi connectivity index (χ1) is 8.11. The fourth-order valence-electron chi connectivity index (χ4n) is 1.85. The van der Waals surface area contributed by atoms with Crippen molar-refractivity contribution in [1.29, 1.82) is 0 Å². The molecule has 3 N–H and O–H groups in total. The van der Waals surface area contributed by atoms with Gasteiger partial charge in [0.25, 0.3) is 0 Å². The summed E-state index contributed by atoms with van der Waals surface area (Å²) in [6, 6.07) is -0.247. The maximum absolute atomic E-state index is 11.2. The van der Waals surface area contributed by atoms with Gasteiger partial charge in [-0.2, -0.15) is 5.10 Å². The minimum Gasteiger partial charge on any atom is -0.389 e. The average Bonchev–Trinajstić information content (AvgIpc) is 2.37. The topological polar surface area (TPSA) is 90.0 Å². The Morgan fingerprint density at radius 1 is 1.61 bits per heavy atom. The fourth-order valence-corrected chi connectivity index (χ4v) is 3.08. The molecule has 0 aliphatic rings. The van der Waals surface area contributed by atoms with Crippen LogP contribution in [0.15, 0.2) is 0 Å². The number of aromatic nitrogens is 2. The summed E-state index contributed by atoms with van der Waals surface area (Å²) in [6.45, 7) is 3.59. The number of aryl methyl sites for hydroxylation is 2. The molecule has 1 aromatic heterocycles. The molecule has 0 saturated carbocycles. The highest BCUT2D eigenvalue weighted by Gasteiger charge is 2.18. The number of hydrogen-bond donors (Lipinski definition) is 2. The van der Waals surface area contributed by atoms with Crippen LogP contribution in [0.2, 0.25) is 0 Å². The summed E-state index contributed by atoms with van der Waals surface area (Å²) in [5.74, 6) is 0.685. The summed E-state index contributed by atoms with van der Waals surface area (Å²) in [6.07, 6.45) is 1.20. The van der Waals surface area contributed by atoms with Gasteiger partial charge in [0.1, 0.15) is 20.6 Å². The molecule has 6 nitrogen and oxygen atoms in total. The Morgan fingerprint density at radius 3 is 2.61 bits per heavy atom. The molecule has 0 spiro atoms. The summed E-state index contributed by atoms with van der Waals surface area (Å²) in [5.41, 5.74) is 7.03. The molecule has 0 saturated heterocycles. The van der Waals surface area contributed by atoms with Crippen molar-refractivity contribution in [3.8, 4) is 0 Å². The zero-order valence-corrected chi connectivity index (χ0v) is 12.5. The summed E-state index contributed by atoms with van der Waals surface area (Å²) < 4.78 is 24.1. The summed E-state index contributed by atoms with van der Waals surface area (Å²) in [7, 11) is -1.28. The number of thiocarbonyl (C=S) groups is 1. The molecule has 18 heavy (non-hydrogen) atoms. The van der Waals surface area contributed by atoms with E-state index in [1.165, 1.54) is 6.26 Å². The molecular weight excluding hydrogens is 272 g/mol. The van der Waals surface area contributed by atoms with Crippen molar-refractivity contribution in [2.75, 3.05) is 17.3 Å². The van der Waals surface area contributed by atoms with Gasteiger partial charge in [-0.1, -0.05) is 12.2 Å². The van der Waals surface area contributed by atoms with E-state index in [1.54, 1.807) is 25.6 Å². The van der Waals surface area contributed by atoms with E-state index >= 15 is 0 Å². The normalized spacial score (nSPS) is 13.3. The number of nitrogens with two attached hydrogens (primary N) is 1. The SMILES string of the molecule is Cc1nn(C)c(NC(C)CS(C)(=O)=O)c1C(N)=S. The molecule has 1 aromatic rings. The molecule has 1 atom stereocenters. The lowest BCUT2D eigenvalue weighted by Crippen LogP contribution is -2.27. The number of rotatable bonds is 5. The summed E-state index contributed by atoms with van der Waals surface area (Å²) in [4.78, 5) is 0.245. The molecule has 1 rings (SSSR count). The van der Waals surface area contributed by atoms with E-state index in [1.807, 2.05) is 0 Å². The van der Waals surface area contributed by atoms with Crippen molar-refractivity contribution in [1.82, 2.24) is 9.78 Å². The van der Waals surface area contributed by atoms with Gasteiger partial charge < -0.3 is 11.1 Å². The maximum Gasteiger partial charge on any atom is 0.149 e. The molecule has 0 aliphatic heterocycles. The van der Waals surface area contributed by atoms with E-state index < -0.39 is 9.84 Å². The van der Waals surface area contributed by atoms with Crippen LogP contribution in [0.4, 0.5) is 5.82 Å². The first-order valence-electron chi connectivity index (χ1n) is 5.39. The van der Waals surface area contributed by atoms with Crippen molar-refractivity contribution in [3.63, 3.8) is 0 Å². The number of nitrogens with one attached hydrogen (secondary N) is 1. The van der Waals surface area contributed by atoms with Crippen LogP contribution in [0.5, 0.6) is 0 Å². The van der Waals surface area contributed by atoms with E-state index in [0.717, 1.165) is 5.69 Å². The van der Waals surface area contributed by atoms with Gasteiger partial charge in [0.2, 0.25) is 0 Å². The largest absolute Gasteiger partial charge is 0.389 e. The van der Waals surface area contributed by atoms with E-state index in [-0.39, 0.29) is 16.8 Å². The molecule has 0 aromatic carbocycles. The number of hydrogen-bond acceptors (Lipinski definition) is 5. The van der Waals surface area contributed by atoms with E-state index in [0.29, 0.717) is 11.4 Å². The van der Waals surface area contributed by atoms with Crippen molar-refractivity contribution in [2.24, 2.45) is 12.8 Å². The second-order valence-corrected chi connectivity index (χ2v) is 7.06. The van der Waals surface area contributed by atoms with Crippen molar-refractivity contribution >= 4 is 32.9 Å². The molecule has 1 unspecified atom stereocenters. The monoisotopic (exact) mass is 290 g/mol. The lowest BCUT2D eigenvalue weighted by molar-refractivity contribution is 0.597. The Hall–Kier alpha value is -1.15. The van der Waals surface area contributed by atoms with E-state index in [2.05, 4.69) is 10.4 Å². The van der Waals surface area contributed by atoms with Crippen LogP contribution in [0.1, 0.15) is 18.2 Å². The number of nitrogens with zero attached hydrogens (tertiary/aromatic N) is 2. The van der Waals surface area contributed by atoms with Crippen LogP contribution in [-0.4, -0.2) is 41.2 Å². The van der Waals surface area contributed by atoms with Gasteiger partial charge in [0.15, 0.2) is 0 Å². The average molecular weight is 290 g/mol. The van der Waals surface area contributed by atoms with Gasteiger partial charge in [-0.05, 0) is 13.8 Å². The maximum atomic E-state index is 11.2. The van der Waals surface area contributed by atoms with Crippen LogP contribution < -0.4 is 11.1 Å². The van der Waals surface area contributed by atoms with Crippen molar-refractivity contribution in [3.05, 3.63) is 11.3 Å². The highest BCUT2D eigenvalue weighted by atomic mass is 32.2. The fraction of sp³-hybridized carbons (Fsp3) is 0.600. The standard InChI is InChI=1S/C10H18N4O2S2/c1-6(5-18(4,15)16)12-10-8(9(11)17)7(2)13-14(10)3/h6,12H,5H2,1-4H3,(H2,11,17). The molecule has 0 radical (unpaired) electrons. The Morgan fingerprint density at radius 2 is 2.17 bits per heavy atom. The van der Waals surface area contributed by atoms with Gasteiger partial charge in [0, 0.05) is 19.3 Å². The van der Waals surface area contributed by atoms with Crippen molar-refractivity contribution < 1.29 is 8.42 Å². The minimum absolute atomic E-state index is 0.0357. The molecule has 0 bridgehead atoms. The third-order valence-electron chi connectivity index (χ3n) is 2.40. The van der Waals surface area contributed by atoms with E-state index in [4.69, 9.17) is 18.0 Å². The van der Waals surface area contributed by atoms with Crippen LogP contribution in [-0.2, 0) is 16.9 Å². The second kappa shape index (κ2) is 5.23. The van der Waals surface area contributed by atoms with Crippen molar-refractivity contribution in [2.45, 2.75) is 19.9 Å². The molecule has 0 amide bonds. The van der Waals surface area contributed by atoms with Crippen LogP contribution >= 0.6 is 12.2 Å². The Kier molecular flexibility index (Phi) is 4.33. The molecule has 1 heterocycles. The third kappa shape index (κ3) is 3.67. The van der Waals surface area contributed by atoms with Crippen LogP contribution in [0.3, 0.4) is 0 Å². The lowest BCUT2D eigenvalue weighted by atomic mass is 10.2. The lowest BCUT2D eigenvalue weighted by Gasteiger charge is -2.15. The number of anilines is 1. The Bertz CT molecular complexity index is 563. The Balaban J connectivity index is 3.01. The molecule has 8 heteroatoms. The highest BCUT2D eigenvalue weighted by molar-refractivity contribution is 7.90. The zero-order valence-electron chi connectivity index (χ0n) is 10.9. The predicted molar refractivity (Wildman–Crippen MR) is 76.6 cm³/mol. The first kappa shape index (κ1) is 14.9. The summed E-state index contributed by atoms with van der Waals surface area (Å²) in [5, 5.41) is 7.31. The molecule has 0 fully saturated rings. The van der Waals surface area contributed by atoms with Crippen LogP contribution in [0.25, 0.3) is 0 Å². The van der Waals surface area contributed by atoms with Gasteiger partial charge in [-0.25, -0.2) is 8.42 Å². The minimum atomic E-state index is -3.04. The third-order valence-corrected chi connectivity index (χ3v) is 3.71. The highest BCUT2D eigenvalue weighted by Crippen LogP contribution is 2.19. The summed E-state index contributed by atoms with van der Waals surface area (Å²) >= 11 is 4.98. The second-order valence-electron chi connectivity index (χ2n) is 4.43. The quantitative estimate of drug-likeness (QED) is 0.753. The predicted octanol–water partition coefficient (Wildman–Crippen LogP) is 0.208. The molecule has 0 aliphatic carbocycles. The molecular formula is C10H18N4O2S2. The number of sulfone groups is 1. The van der Waals surface area contributed by atoms with Gasteiger partial charge in [-0.3, -0.25) is 4.68 Å². The molecule has 102 valence electrons. The van der Waals surface area contributed by atoms with Gasteiger partial charge in [-0.15, -0.1) is 0 Å². The zero-order chi connectivity index (χ0) is 14.1. The first-order valence-corrected chi connectivity index (χ1v) is 7.86. The van der Waals surface area contributed by atoms with Gasteiger partial charge in [0.05, 0.1) is 17.0 Å².